The number of nitrogens with zero attached hydrogens (tertiary/aromatic N) is 1. The number of aromatic nitrogens is 1. The molecular weight excluding hydrogens is 276 g/mol. The molecule has 0 aromatic carbocycles. The fourth-order valence-corrected chi connectivity index (χ4v) is 4.06. The highest BCUT2D eigenvalue weighted by molar-refractivity contribution is 7.91. The Morgan fingerprint density at radius 1 is 1.39 bits per heavy atom. The predicted octanol–water partition coefficient (Wildman–Crippen LogP) is 0.0841. The van der Waals surface area contributed by atoms with Crippen molar-refractivity contribution in [1.29, 1.82) is 0 Å². The maximum absolute atomic E-state index is 11.3. The summed E-state index contributed by atoms with van der Waals surface area (Å²) in [5.74, 6) is 0.306. The van der Waals surface area contributed by atoms with Gasteiger partial charge in [0.2, 0.25) is 0 Å². The second-order valence-corrected chi connectivity index (χ2v) is 8.59. The van der Waals surface area contributed by atoms with Gasteiger partial charge in [0.15, 0.2) is 24.7 Å². The van der Waals surface area contributed by atoms with Crippen molar-refractivity contribution in [1.82, 2.24) is 4.98 Å². The zero-order chi connectivity index (χ0) is 13.4. The Morgan fingerprint density at radius 3 is 2.56 bits per heavy atom. The normalized spacial score (nSPS) is 22.8. The molecule has 0 amide bonds. The van der Waals surface area contributed by atoms with E-state index in [1.165, 1.54) is 12.3 Å². The van der Waals surface area contributed by atoms with Crippen LogP contribution in [0, 0.1) is 0 Å². The van der Waals surface area contributed by atoms with Crippen LogP contribution >= 0.6 is 0 Å². The van der Waals surface area contributed by atoms with Crippen LogP contribution in [0.5, 0.6) is 0 Å². The summed E-state index contributed by atoms with van der Waals surface area (Å²) in [6.45, 7) is 0. The van der Waals surface area contributed by atoms with Crippen molar-refractivity contribution in [2.45, 2.75) is 17.5 Å². The van der Waals surface area contributed by atoms with Gasteiger partial charge in [0.05, 0.1) is 23.4 Å². The summed E-state index contributed by atoms with van der Waals surface area (Å²) in [5.41, 5.74) is 0.629. The quantitative estimate of drug-likeness (QED) is 0.847. The average molecular weight is 290 g/mol. The molecule has 1 saturated heterocycles. The third-order valence-electron chi connectivity index (χ3n) is 2.72. The Morgan fingerprint density at radius 2 is 2.11 bits per heavy atom. The molecule has 100 valence electrons. The second-order valence-electron chi connectivity index (χ2n) is 4.40. The Labute approximate surface area is 106 Å². The number of hydrogen-bond acceptors (Lipinski definition) is 6. The van der Waals surface area contributed by atoms with Gasteiger partial charge < -0.3 is 5.32 Å². The molecule has 18 heavy (non-hydrogen) atoms. The second kappa shape index (κ2) is 4.51. The zero-order valence-corrected chi connectivity index (χ0v) is 11.5. The van der Waals surface area contributed by atoms with E-state index >= 15 is 0 Å². The van der Waals surface area contributed by atoms with Gasteiger partial charge in [-0.3, -0.25) is 0 Å². The molecule has 1 N–H and O–H groups in total. The molecule has 0 saturated carbocycles. The van der Waals surface area contributed by atoms with Gasteiger partial charge in [0, 0.05) is 12.3 Å². The van der Waals surface area contributed by atoms with E-state index in [1.807, 2.05) is 0 Å². The number of hydrogen-bond donors (Lipinski definition) is 1. The SMILES string of the molecule is CS(=O)(=O)c1ccc(NC2CCS(=O)(=O)C2)cn1. The Kier molecular flexibility index (Phi) is 3.33. The van der Waals surface area contributed by atoms with E-state index in [2.05, 4.69) is 10.3 Å². The van der Waals surface area contributed by atoms with Crippen LogP contribution in [-0.4, -0.2) is 45.6 Å². The van der Waals surface area contributed by atoms with Crippen molar-refractivity contribution in [3.63, 3.8) is 0 Å². The summed E-state index contributed by atoms with van der Waals surface area (Å²) >= 11 is 0. The molecule has 1 unspecified atom stereocenters. The smallest absolute Gasteiger partial charge is 0.192 e. The van der Waals surface area contributed by atoms with Crippen LogP contribution in [-0.2, 0) is 19.7 Å². The lowest BCUT2D eigenvalue weighted by atomic mass is 10.2. The molecule has 0 radical (unpaired) electrons. The van der Waals surface area contributed by atoms with Crippen molar-refractivity contribution in [3.8, 4) is 0 Å². The largest absolute Gasteiger partial charge is 0.380 e. The third kappa shape index (κ3) is 3.20. The van der Waals surface area contributed by atoms with Crippen molar-refractivity contribution >= 4 is 25.4 Å². The molecule has 8 heteroatoms. The molecule has 0 aliphatic carbocycles. The fourth-order valence-electron chi connectivity index (χ4n) is 1.83. The number of pyridine rings is 1. The van der Waals surface area contributed by atoms with Crippen LogP contribution in [0.1, 0.15) is 6.42 Å². The highest BCUT2D eigenvalue weighted by Gasteiger charge is 2.27. The van der Waals surface area contributed by atoms with Crippen LogP contribution in [0.25, 0.3) is 0 Å². The van der Waals surface area contributed by atoms with Gasteiger partial charge in [0.25, 0.3) is 0 Å². The molecule has 0 bridgehead atoms. The van der Waals surface area contributed by atoms with Gasteiger partial charge in [0.1, 0.15) is 0 Å². The van der Waals surface area contributed by atoms with Crippen molar-refractivity contribution in [2.75, 3.05) is 23.1 Å². The van der Waals surface area contributed by atoms with Crippen molar-refractivity contribution in [2.24, 2.45) is 0 Å². The molecule has 1 aliphatic rings. The lowest BCUT2D eigenvalue weighted by Crippen LogP contribution is -2.20. The molecule has 0 spiro atoms. The van der Waals surface area contributed by atoms with Gasteiger partial charge >= 0.3 is 0 Å². The topological polar surface area (TPSA) is 93.2 Å². The molecule has 1 aliphatic heterocycles. The molecular formula is C10H14N2O4S2. The van der Waals surface area contributed by atoms with Gasteiger partial charge in [-0.25, -0.2) is 21.8 Å². The third-order valence-corrected chi connectivity index (χ3v) is 5.49. The molecule has 6 nitrogen and oxygen atoms in total. The molecule has 1 fully saturated rings. The average Bonchev–Trinajstić information content (AvgIpc) is 2.57. The van der Waals surface area contributed by atoms with E-state index in [4.69, 9.17) is 0 Å². The first-order chi connectivity index (χ1) is 8.26. The molecule has 1 aromatic rings. The number of sulfone groups is 2. The van der Waals surface area contributed by atoms with Crippen LogP contribution in [0.15, 0.2) is 23.4 Å². The number of nitrogens with one attached hydrogen (secondary N) is 1. The molecule has 2 rings (SSSR count). The first-order valence-electron chi connectivity index (χ1n) is 5.39. The minimum atomic E-state index is -3.30. The summed E-state index contributed by atoms with van der Waals surface area (Å²) in [6.07, 6.45) is 3.06. The summed E-state index contributed by atoms with van der Waals surface area (Å²) in [7, 11) is -6.23. The first kappa shape index (κ1) is 13.3. The fraction of sp³-hybridized carbons (Fsp3) is 0.500. The van der Waals surface area contributed by atoms with Crippen LogP contribution in [0.4, 0.5) is 5.69 Å². The lowest BCUT2D eigenvalue weighted by Gasteiger charge is -2.11. The predicted molar refractivity (Wildman–Crippen MR) is 68.0 cm³/mol. The van der Waals surface area contributed by atoms with Crippen LogP contribution < -0.4 is 5.32 Å². The summed E-state index contributed by atoms with van der Waals surface area (Å²) in [5, 5.41) is 3.05. The van der Waals surface area contributed by atoms with E-state index < -0.39 is 19.7 Å². The lowest BCUT2D eigenvalue weighted by molar-refractivity contribution is 0.597. The minimum absolute atomic E-state index is 0.00657. The van der Waals surface area contributed by atoms with Crippen molar-refractivity contribution in [3.05, 3.63) is 18.3 Å². The van der Waals surface area contributed by atoms with Crippen LogP contribution in [0.2, 0.25) is 0 Å². The minimum Gasteiger partial charge on any atom is -0.380 e. The molecule has 1 aromatic heterocycles. The van der Waals surface area contributed by atoms with E-state index in [9.17, 15) is 16.8 Å². The number of anilines is 1. The highest BCUT2D eigenvalue weighted by Crippen LogP contribution is 2.17. The van der Waals surface area contributed by atoms with E-state index in [0.29, 0.717) is 12.1 Å². The van der Waals surface area contributed by atoms with E-state index in [-0.39, 0.29) is 22.6 Å². The van der Waals surface area contributed by atoms with E-state index in [1.54, 1.807) is 6.07 Å². The molecule has 1 atom stereocenters. The maximum atomic E-state index is 11.3. The van der Waals surface area contributed by atoms with Crippen molar-refractivity contribution < 1.29 is 16.8 Å². The standard InChI is InChI=1S/C10H14N2O4S2/c1-17(13,14)10-3-2-8(6-11-10)12-9-4-5-18(15,16)7-9/h2-3,6,9,12H,4-5,7H2,1H3. The zero-order valence-electron chi connectivity index (χ0n) is 9.83. The van der Waals surface area contributed by atoms with Gasteiger partial charge in [-0.15, -0.1) is 0 Å². The Bertz CT molecular complexity index is 635. The van der Waals surface area contributed by atoms with Gasteiger partial charge in [-0.05, 0) is 18.6 Å². The first-order valence-corrected chi connectivity index (χ1v) is 9.11. The van der Waals surface area contributed by atoms with Gasteiger partial charge in [-0.2, -0.15) is 0 Å². The number of rotatable bonds is 3. The van der Waals surface area contributed by atoms with Gasteiger partial charge in [-0.1, -0.05) is 0 Å². The summed E-state index contributed by atoms with van der Waals surface area (Å²) < 4.78 is 45.0. The van der Waals surface area contributed by atoms with Crippen LogP contribution in [0.3, 0.4) is 0 Å². The van der Waals surface area contributed by atoms with E-state index in [0.717, 1.165) is 6.26 Å². The summed E-state index contributed by atoms with van der Waals surface area (Å²) in [6, 6.07) is 2.87. The monoisotopic (exact) mass is 290 g/mol. The Balaban J connectivity index is 2.08. The highest BCUT2D eigenvalue weighted by atomic mass is 32.2. The molecule has 2 heterocycles. The summed E-state index contributed by atoms with van der Waals surface area (Å²) in [4.78, 5) is 3.83. The maximum Gasteiger partial charge on any atom is 0.192 e. The Hall–Kier alpha value is -1.15.